The highest BCUT2D eigenvalue weighted by Gasteiger charge is 2.22. The molecule has 164 valence electrons. The maximum atomic E-state index is 12.2. The zero-order valence-corrected chi connectivity index (χ0v) is 19.8. The van der Waals surface area contributed by atoms with Crippen LogP contribution in [-0.4, -0.2) is 46.9 Å². The van der Waals surface area contributed by atoms with Gasteiger partial charge in [0.1, 0.15) is 5.75 Å². The number of hydrogen-bond donors (Lipinski definition) is 1. The Morgan fingerprint density at radius 1 is 1.26 bits per heavy atom. The van der Waals surface area contributed by atoms with E-state index in [4.69, 9.17) is 16.3 Å². The van der Waals surface area contributed by atoms with Crippen LogP contribution in [0.4, 0.5) is 4.79 Å². The molecule has 1 aromatic heterocycles. The summed E-state index contributed by atoms with van der Waals surface area (Å²) in [6, 6.07) is 13.1. The largest absolute Gasteiger partial charge is 0.497 e. The number of urea groups is 1. The van der Waals surface area contributed by atoms with E-state index in [9.17, 15) is 4.79 Å². The highest BCUT2D eigenvalue weighted by atomic mass is 35.5. The fraction of sp³-hybridized carbons (Fsp3) is 0.318. The van der Waals surface area contributed by atoms with E-state index in [1.165, 1.54) is 4.90 Å². The lowest BCUT2D eigenvalue weighted by Gasteiger charge is -2.20. The number of aryl methyl sites for hydroxylation is 1. The number of amides is 2. The Kier molecular flexibility index (Phi) is 7.46. The third-order valence-electron chi connectivity index (χ3n) is 4.71. The third kappa shape index (κ3) is 5.51. The van der Waals surface area contributed by atoms with Crippen molar-refractivity contribution in [3.8, 4) is 11.4 Å². The third-order valence-corrected chi connectivity index (χ3v) is 5.94. The fourth-order valence-corrected chi connectivity index (χ4v) is 4.06. The Labute approximate surface area is 191 Å². The summed E-state index contributed by atoms with van der Waals surface area (Å²) >= 11 is 7.86. The maximum Gasteiger partial charge on any atom is 0.317 e. The number of nitrogens with zero attached hydrogens (tertiary/aromatic N) is 4. The second-order valence-electron chi connectivity index (χ2n) is 7.31. The molecule has 1 unspecified atom stereocenters. The van der Waals surface area contributed by atoms with E-state index in [1.807, 2.05) is 60.9 Å². The SMILES string of the molecule is COc1cccc(CSc2nnc(C(C)NC(=O)N(C)C)n2-c2cc(Cl)ccc2C)c1. The van der Waals surface area contributed by atoms with Gasteiger partial charge in [-0.05, 0) is 49.2 Å². The maximum absolute atomic E-state index is 12.2. The highest BCUT2D eigenvalue weighted by Crippen LogP contribution is 2.31. The van der Waals surface area contributed by atoms with Gasteiger partial charge in [-0.25, -0.2) is 4.79 Å². The van der Waals surface area contributed by atoms with E-state index in [2.05, 4.69) is 15.5 Å². The van der Waals surface area contributed by atoms with Crippen LogP contribution in [0.3, 0.4) is 0 Å². The zero-order valence-electron chi connectivity index (χ0n) is 18.2. The normalized spacial score (nSPS) is 11.8. The van der Waals surface area contributed by atoms with Crippen molar-refractivity contribution < 1.29 is 9.53 Å². The molecule has 3 rings (SSSR count). The number of carbonyl (C=O) groups excluding carboxylic acids is 1. The number of aromatic nitrogens is 3. The Morgan fingerprint density at radius 3 is 2.74 bits per heavy atom. The van der Waals surface area contributed by atoms with E-state index in [1.54, 1.807) is 33.0 Å². The summed E-state index contributed by atoms with van der Waals surface area (Å²) in [4.78, 5) is 13.7. The van der Waals surface area contributed by atoms with Gasteiger partial charge in [0.2, 0.25) is 0 Å². The minimum absolute atomic E-state index is 0.199. The smallest absolute Gasteiger partial charge is 0.317 e. The van der Waals surface area contributed by atoms with E-state index < -0.39 is 0 Å². The van der Waals surface area contributed by atoms with Crippen molar-refractivity contribution in [2.75, 3.05) is 21.2 Å². The van der Waals surface area contributed by atoms with Gasteiger partial charge < -0.3 is 15.0 Å². The second-order valence-corrected chi connectivity index (χ2v) is 8.69. The summed E-state index contributed by atoms with van der Waals surface area (Å²) in [5.74, 6) is 2.13. The molecule has 0 aliphatic rings. The number of benzene rings is 2. The Bertz CT molecular complexity index is 1070. The molecule has 0 aliphatic heterocycles. The minimum Gasteiger partial charge on any atom is -0.497 e. The average molecular weight is 460 g/mol. The minimum atomic E-state index is -0.355. The van der Waals surface area contributed by atoms with Crippen molar-refractivity contribution in [3.05, 3.63) is 64.4 Å². The molecule has 2 aromatic carbocycles. The van der Waals surface area contributed by atoms with Crippen LogP contribution in [0.1, 0.15) is 29.9 Å². The quantitative estimate of drug-likeness (QED) is 0.510. The molecule has 0 spiro atoms. The number of nitrogens with one attached hydrogen (secondary N) is 1. The number of carbonyl (C=O) groups is 1. The predicted molar refractivity (Wildman–Crippen MR) is 124 cm³/mol. The van der Waals surface area contributed by atoms with Gasteiger partial charge in [0.15, 0.2) is 11.0 Å². The summed E-state index contributed by atoms with van der Waals surface area (Å²) < 4.78 is 7.28. The fourth-order valence-electron chi connectivity index (χ4n) is 2.99. The molecular formula is C22H26ClN5O2S. The number of thioether (sulfide) groups is 1. The standard InChI is InChI=1S/C22H26ClN5O2S/c1-14-9-10-17(23)12-19(14)28-20(15(2)24-21(29)27(3)4)25-26-22(28)31-13-16-7-6-8-18(11-16)30-5/h6-12,15H,13H2,1-5H3,(H,24,29). The summed E-state index contributed by atoms with van der Waals surface area (Å²) in [5, 5.41) is 13.1. The molecule has 0 radical (unpaired) electrons. The Morgan fingerprint density at radius 2 is 2.03 bits per heavy atom. The topological polar surface area (TPSA) is 72.3 Å². The van der Waals surface area contributed by atoms with Gasteiger partial charge in [0, 0.05) is 24.9 Å². The molecule has 7 nitrogen and oxygen atoms in total. The van der Waals surface area contributed by atoms with Gasteiger partial charge in [-0.15, -0.1) is 10.2 Å². The van der Waals surface area contributed by atoms with Crippen LogP contribution >= 0.6 is 23.4 Å². The van der Waals surface area contributed by atoms with Crippen LogP contribution in [0.25, 0.3) is 5.69 Å². The molecule has 0 bridgehead atoms. The van der Waals surface area contributed by atoms with Crippen LogP contribution in [0.2, 0.25) is 5.02 Å². The Balaban J connectivity index is 1.97. The van der Waals surface area contributed by atoms with E-state index in [-0.39, 0.29) is 12.1 Å². The summed E-state index contributed by atoms with van der Waals surface area (Å²) in [7, 11) is 5.05. The Hall–Kier alpha value is -2.71. The number of hydrogen-bond acceptors (Lipinski definition) is 5. The number of halogens is 1. The first-order valence-corrected chi connectivity index (χ1v) is 11.1. The lowest BCUT2D eigenvalue weighted by Crippen LogP contribution is -2.37. The van der Waals surface area contributed by atoms with Crippen LogP contribution in [0, 0.1) is 6.92 Å². The van der Waals surface area contributed by atoms with Crippen LogP contribution in [-0.2, 0) is 5.75 Å². The molecular weight excluding hydrogens is 434 g/mol. The molecule has 0 saturated carbocycles. The summed E-state index contributed by atoms with van der Waals surface area (Å²) in [6.45, 7) is 3.90. The first-order valence-electron chi connectivity index (χ1n) is 9.75. The molecule has 9 heteroatoms. The predicted octanol–water partition coefficient (Wildman–Crippen LogP) is 4.86. The van der Waals surface area contributed by atoms with Crippen LogP contribution < -0.4 is 10.1 Å². The number of ether oxygens (including phenoxy) is 1. The number of methoxy groups -OCH3 is 1. The molecule has 0 aliphatic carbocycles. The molecule has 2 amide bonds. The first-order chi connectivity index (χ1) is 14.8. The first kappa shape index (κ1) is 23.0. The molecule has 31 heavy (non-hydrogen) atoms. The van der Waals surface area contributed by atoms with Crippen LogP contribution in [0.15, 0.2) is 47.6 Å². The van der Waals surface area contributed by atoms with Crippen molar-refractivity contribution >= 4 is 29.4 Å². The van der Waals surface area contributed by atoms with Crippen LogP contribution in [0.5, 0.6) is 5.75 Å². The van der Waals surface area contributed by atoms with E-state index >= 15 is 0 Å². The van der Waals surface area contributed by atoms with Gasteiger partial charge in [-0.1, -0.05) is 41.6 Å². The molecule has 1 atom stereocenters. The monoisotopic (exact) mass is 459 g/mol. The van der Waals surface area contributed by atoms with Gasteiger partial charge in [-0.3, -0.25) is 4.57 Å². The average Bonchev–Trinajstić information content (AvgIpc) is 3.17. The molecule has 1 N–H and O–H groups in total. The second kappa shape index (κ2) is 10.1. The van der Waals surface area contributed by atoms with E-state index in [0.717, 1.165) is 22.6 Å². The van der Waals surface area contributed by atoms with E-state index in [0.29, 0.717) is 21.8 Å². The summed E-state index contributed by atoms with van der Waals surface area (Å²) in [5.41, 5.74) is 3.02. The van der Waals surface area contributed by atoms with Crippen molar-refractivity contribution in [2.24, 2.45) is 0 Å². The molecule has 0 saturated heterocycles. The molecule has 0 fully saturated rings. The van der Waals surface area contributed by atoms with Gasteiger partial charge in [-0.2, -0.15) is 0 Å². The molecule has 1 heterocycles. The van der Waals surface area contributed by atoms with Gasteiger partial charge in [0.25, 0.3) is 0 Å². The lowest BCUT2D eigenvalue weighted by molar-refractivity contribution is 0.213. The zero-order chi connectivity index (χ0) is 22.5. The van der Waals surface area contributed by atoms with Gasteiger partial charge >= 0.3 is 6.03 Å². The van der Waals surface area contributed by atoms with Crippen molar-refractivity contribution in [1.29, 1.82) is 0 Å². The lowest BCUT2D eigenvalue weighted by atomic mass is 10.2. The van der Waals surface area contributed by atoms with Crippen molar-refractivity contribution in [1.82, 2.24) is 25.0 Å². The number of rotatable bonds is 7. The highest BCUT2D eigenvalue weighted by molar-refractivity contribution is 7.98. The van der Waals surface area contributed by atoms with Crippen molar-refractivity contribution in [3.63, 3.8) is 0 Å². The van der Waals surface area contributed by atoms with Crippen molar-refractivity contribution in [2.45, 2.75) is 30.8 Å². The van der Waals surface area contributed by atoms with Gasteiger partial charge in [0.05, 0.1) is 18.8 Å². The summed E-state index contributed by atoms with van der Waals surface area (Å²) in [6.07, 6.45) is 0. The molecule has 3 aromatic rings.